The summed E-state index contributed by atoms with van der Waals surface area (Å²) in [5, 5.41) is 0. The van der Waals surface area contributed by atoms with Gasteiger partial charge in [0.1, 0.15) is 0 Å². The van der Waals surface area contributed by atoms with Gasteiger partial charge >= 0.3 is 0 Å². The number of hydrogen-bond donors (Lipinski definition) is 1. The monoisotopic (exact) mass is 209 g/mol. The number of nitrogens with two attached hydrogens (primary N) is 1. The molecular weight excluding hydrogens is 194 g/mol. The fourth-order valence-electron chi connectivity index (χ4n) is 1.48. The third-order valence-electron chi connectivity index (χ3n) is 2.45. The van der Waals surface area contributed by atoms with E-state index in [0.717, 1.165) is 10.7 Å². The van der Waals surface area contributed by atoms with Gasteiger partial charge in [-0.05, 0) is 12.8 Å². The maximum absolute atomic E-state index is 5.64. The molecular formula is C10H15N3S. The molecule has 2 aromatic rings. The lowest BCUT2D eigenvalue weighted by Gasteiger charge is -1.97. The normalized spacial score (nSPS) is 11.8. The van der Waals surface area contributed by atoms with Crippen LogP contribution in [-0.4, -0.2) is 9.38 Å². The van der Waals surface area contributed by atoms with Gasteiger partial charge in [-0.15, -0.1) is 0 Å². The Morgan fingerprint density at radius 3 is 2.79 bits per heavy atom. The summed E-state index contributed by atoms with van der Waals surface area (Å²) in [7, 11) is 0. The van der Waals surface area contributed by atoms with Crippen molar-refractivity contribution in [3.05, 3.63) is 22.5 Å². The van der Waals surface area contributed by atoms with Gasteiger partial charge < -0.3 is 5.73 Å². The Morgan fingerprint density at radius 1 is 1.57 bits per heavy atom. The summed E-state index contributed by atoms with van der Waals surface area (Å²) in [4.78, 5) is 6.85. The van der Waals surface area contributed by atoms with Gasteiger partial charge in [-0.2, -0.15) is 0 Å². The second-order valence-electron chi connectivity index (χ2n) is 3.79. The van der Waals surface area contributed by atoms with Crippen molar-refractivity contribution < 1.29 is 0 Å². The number of rotatable bonds is 2. The Hall–Kier alpha value is -0.870. The highest BCUT2D eigenvalue weighted by Crippen LogP contribution is 2.24. The fourth-order valence-corrected chi connectivity index (χ4v) is 2.47. The van der Waals surface area contributed by atoms with Crippen LogP contribution in [0.5, 0.6) is 0 Å². The zero-order valence-corrected chi connectivity index (χ0v) is 9.56. The average molecular weight is 209 g/mol. The molecule has 0 aliphatic carbocycles. The number of fused-ring (bicyclic) bond motifs is 1. The van der Waals surface area contributed by atoms with Crippen molar-refractivity contribution in [1.29, 1.82) is 0 Å². The van der Waals surface area contributed by atoms with Gasteiger partial charge in [0.25, 0.3) is 0 Å². The molecule has 2 N–H and O–H groups in total. The van der Waals surface area contributed by atoms with E-state index in [1.807, 2.05) is 0 Å². The first-order valence-electron chi connectivity index (χ1n) is 4.80. The van der Waals surface area contributed by atoms with Crippen LogP contribution >= 0.6 is 11.3 Å². The van der Waals surface area contributed by atoms with Crippen LogP contribution in [0.4, 0.5) is 0 Å². The summed E-state index contributed by atoms with van der Waals surface area (Å²) >= 11 is 1.69. The summed E-state index contributed by atoms with van der Waals surface area (Å²) in [6, 6.07) is 0. The summed E-state index contributed by atoms with van der Waals surface area (Å²) < 4.78 is 2.14. The molecule has 0 aromatic carbocycles. The van der Waals surface area contributed by atoms with E-state index in [1.165, 1.54) is 10.6 Å². The molecule has 0 amide bonds. The molecule has 0 fully saturated rings. The van der Waals surface area contributed by atoms with Crippen molar-refractivity contribution in [2.24, 2.45) is 5.73 Å². The van der Waals surface area contributed by atoms with E-state index < -0.39 is 0 Å². The van der Waals surface area contributed by atoms with E-state index in [1.54, 1.807) is 11.3 Å². The standard InChI is InChI=1S/C10H15N3S/c1-6(2)8-5-13-7(3)9(4-11)14-10(13)12-8/h5-6H,4,11H2,1-3H3. The zero-order chi connectivity index (χ0) is 10.3. The van der Waals surface area contributed by atoms with Crippen molar-refractivity contribution in [3.63, 3.8) is 0 Å². The first-order valence-corrected chi connectivity index (χ1v) is 5.62. The zero-order valence-electron chi connectivity index (χ0n) is 8.74. The molecule has 0 aliphatic heterocycles. The third kappa shape index (κ3) is 1.35. The summed E-state index contributed by atoms with van der Waals surface area (Å²) in [6.07, 6.45) is 2.12. The van der Waals surface area contributed by atoms with E-state index in [4.69, 9.17) is 5.73 Å². The Morgan fingerprint density at radius 2 is 2.29 bits per heavy atom. The summed E-state index contributed by atoms with van der Waals surface area (Å²) in [5.41, 5.74) is 8.02. The van der Waals surface area contributed by atoms with Crippen LogP contribution in [0.15, 0.2) is 6.20 Å². The Kier molecular flexibility index (Phi) is 2.33. The minimum atomic E-state index is 0.489. The number of aromatic nitrogens is 2. The lowest BCUT2D eigenvalue weighted by atomic mass is 10.2. The molecule has 3 nitrogen and oxygen atoms in total. The molecule has 76 valence electrons. The van der Waals surface area contributed by atoms with Gasteiger partial charge in [0.05, 0.1) is 5.69 Å². The molecule has 0 aliphatic rings. The molecule has 0 saturated heterocycles. The van der Waals surface area contributed by atoms with E-state index in [9.17, 15) is 0 Å². The van der Waals surface area contributed by atoms with Crippen LogP contribution in [0.2, 0.25) is 0 Å². The minimum Gasteiger partial charge on any atom is -0.326 e. The van der Waals surface area contributed by atoms with E-state index >= 15 is 0 Å². The molecule has 0 unspecified atom stereocenters. The van der Waals surface area contributed by atoms with Crippen LogP contribution in [0.1, 0.15) is 36.0 Å². The van der Waals surface area contributed by atoms with Crippen molar-refractivity contribution in [1.82, 2.24) is 9.38 Å². The molecule has 0 bridgehead atoms. The minimum absolute atomic E-state index is 0.489. The Bertz CT molecular complexity index is 453. The topological polar surface area (TPSA) is 43.3 Å². The lowest BCUT2D eigenvalue weighted by Crippen LogP contribution is -1.96. The highest BCUT2D eigenvalue weighted by molar-refractivity contribution is 7.17. The molecule has 0 spiro atoms. The fraction of sp³-hybridized carbons (Fsp3) is 0.500. The molecule has 14 heavy (non-hydrogen) atoms. The van der Waals surface area contributed by atoms with E-state index in [2.05, 4.69) is 36.4 Å². The quantitative estimate of drug-likeness (QED) is 0.824. The highest BCUT2D eigenvalue weighted by atomic mass is 32.1. The van der Waals surface area contributed by atoms with E-state index in [0.29, 0.717) is 12.5 Å². The molecule has 2 rings (SSSR count). The third-order valence-corrected chi connectivity index (χ3v) is 3.63. The van der Waals surface area contributed by atoms with Gasteiger partial charge in [-0.1, -0.05) is 25.2 Å². The first kappa shape index (κ1) is 9.68. The number of thiazole rings is 1. The molecule has 4 heteroatoms. The van der Waals surface area contributed by atoms with Crippen molar-refractivity contribution in [2.75, 3.05) is 0 Å². The van der Waals surface area contributed by atoms with Crippen molar-refractivity contribution in [2.45, 2.75) is 33.2 Å². The molecule has 0 atom stereocenters. The largest absolute Gasteiger partial charge is 0.326 e. The molecule has 0 saturated carbocycles. The van der Waals surface area contributed by atoms with Crippen LogP contribution in [0.3, 0.4) is 0 Å². The number of aryl methyl sites for hydroxylation is 1. The predicted octanol–water partition coefficient (Wildman–Crippen LogP) is 2.29. The van der Waals surface area contributed by atoms with Crippen LogP contribution in [0, 0.1) is 6.92 Å². The predicted molar refractivity (Wildman–Crippen MR) is 59.8 cm³/mol. The van der Waals surface area contributed by atoms with Gasteiger partial charge in [0.2, 0.25) is 0 Å². The van der Waals surface area contributed by atoms with Gasteiger partial charge in [-0.25, -0.2) is 4.98 Å². The van der Waals surface area contributed by atoms with Crippen LogP contribution in [-0.2, 0) is 6.54 Å². The maximum Gasteiger partial charge on any atom is 0.194 e. The van der Waals surface area contributed by atoms with Gasteiger partial charge in [-0.3, -0.25) is 4.40 Å². The number of imidazole rings is 1. The van der Waals surface area contributed by atoms with Crippen LogP contribution < -0.4 is 5.73 Å². The average Bonchev–Trinajstić information content (AvgIpc) is 2.66. The Balaban J connectivity index is 2.59. The lowest BCUT2D eigenvalue weighted by molar-refractivity contribution is 0.833. The van der Waals surface area contributed by atoms with Gasteiger partial charge in [0, 0.05) is 23.3 Å². The summed E-state index contributed by atoms with van der Waals surface area (Å²) in [5.74, 6) is 0.489. The number of hydrogen-bond acceptors (Lipinski definition) is 3. The Labute approximate surface area is 87.6 Å². The highest BCUT2D eigenvalue weighted by Gasteiger charge is 2.11. The van der Waals surface area contributed by atoms with Crippen molar-refractivity contribution >= 4 is 16.3 Å². The second kappa shape index (κ2) is 3.37. The first-order chi connectivity index (χ1) is 6.63. The van der Waals surface area contributed by atoms with Crippen molar-refractivity contribution in [3.8, 4) is 0 Å². The smallest absolute Gasteiger partial charge is 0.194 e. The van der Waals surface area contributed by atoms with Gasteiger partial charge in [0.15, 0.2) is 4.96 Å². The number of nitrogens with zero attached hydrogens (tertiary/aromatic N) is 2. The van der Waals surface area contributed by atoms with E-state index in [-0.39, 0.29) is 0 Å². The molecule has 2 heterocycles. The summed E-state index contributed by atoms with van der Waals surface area (Å²) in [6.45, 7) is 7.02. The second-order valence-corrected chi connectivity index (χ2v) is 4.85. The molecule has 2 aromatic heterocycles. The maximum atomic E-state index is 5.64. The SMILES string of the molecule is Cc1c(CN)sc2nc(C(C)C)cn12. The van der Waals surface area contributed by atoms with Crippen LogP contribution in [0.25, 0.3) is 4.96 Å². The molecule has 0 radical (unpaired) electrons.